The molecule has 1 aromatic heterocycles. The zero-order valence-corrected chi connectivity index (χ0v) is 19.5. The molecule has 0 aliphatic carbocycles. The number of carbonyl (C=O) groups excluding carboxylic acids is 1. The molecule has 4 aromatic rings. The number of nitro benzene ring substituents is 1. The number of para-hydroxylation sites is 5. The van der Waals surface area contributed by atoms with Gasteiger partial charge in [-0.3, -0.25) is 19.5 Å². The monoisotopic (exact) mass is 491 g/mol. The van der Waals surface area contributed by atoms with Gasteiger partial charge in [0.2, 0.25) is 5.91 Å². The summed E-state index contributed by atoms with van der Waals surface area (Å²) in [5.74, 6) is 1.27. The van der Waals surface area contributed by atoms with Crippen molar-refractivity contribution in [3.63, 3.8) is 0 Å². The highest BCUT2D eigenvalue weighted by Gasteiger charge is 2.19. The zero-order valence-electron chi connectivity index (χ0n) is 18.7. The number of nitro groups is 1. The predicted octanol–water partition coefficient (Wildman–Crippen LogP) is 4.49. The van der Waals surface area contributed by atoms with Crippen molar-refractivity contribution in [3.8, 4) is 17.2 Å². The summed E-state index contributed by atoms with van der Waals surface area (Å²) >= 11 is 1.16. The highest BCUT2D eigenvalue weighted by Crippen LogP contribution is 2.28. The number of aromatic nitrogens is 3. The molecule has 1 heterocycles. The van der Waals surface area contributed by atoms with E-state index < -0.39 is 10.8 Å². The molecule has 0 aliphatic rings. The molecule has 1 N–H and O–H groups in total. The van der Waals surface area contributed by atoms with E-state index in [1.54, 1.807) is 35.9 Å². The average molecular weight is 492 g/mol. The summed E-state index contributed by atoms with van der Waals surface area (Å²) in [6, 6.07) is 22.7. The Balaban J connectivity index is 1.51. The number of methoxy groups -OCH3 is 1. The third kappa shape index (κ3) is 5.76. The molecule has 0 unspecified atom stereocenters. The maximum Gasteiger partial charge on any atom is 0.292 e. The standard InChI is InChI=1S/C24H21N5O5S/c1-33-20-13-7-8-14-21(20)34-15-22-26-27-24(28(22)17-9-3-2-4-10-17)35-16-23(30)25-18-11-5-6-12-19(18)29(31)32/h2-14H,15-16H2,1H3,(H,25,30). The third-order valence-electron chi connectivity index (χ3n) is 4.85. The lowest BCUT2D eigenvalue weighted by atomic mass is 10.2. The van der Waals surface area contributed by atoms with Gasteiger partial charge in [-0.05, 0) is 30.3 Å². The van der Waals surface area contributed by atoms with Crippen LogP contribution < -0.4 is 14.8 Å². The first-order chi connectivity index (χ1) is 17.1. The Kier molecular flexibility index (Phi) is 7.58. The number of benzene rings is 3. The van der Waals surface area contributed by atoms with E-state index in [2.05, 4.69) is 15.5 Å². The molecule has 0 radical (unpaired) electrons. The quantitative estimate of drug-likeness (QED) is 0.196. The van der Waals surface area contributed by atoms with E-state index in [1.807, 2.05) is 42.5 Å². The van der Waals surface area contributed by atoms with Crippen molar-refractivity contribution in [2.24, 2.45) is 0 Å². The third-order valence-corrected chi connectivity index (χ3v) is 5.78. The van der Waals surface area contributed by atoms with E-state index in [-0.39, 0.29) is 23.7 Å². The van der Waals surface area contributed by atoms with E-state index in [1.165, 1.54) is 12.1 Å². The lowest BCUT2D eigenvalue weighted by Crippen LogP contribution is -2.15. The van der Waals surface area contributed by atoms with Crippen LogP contribution in [0, 0.1) is 10.1 Å². The summed E-state index contributed by atoms with van der Waals surface area (Å²) in [5.41, 5.74) is 0.769. The van der Waals surface area contributed by atoms with Crippen LogP contribution >= 0.6 is 11.8 Å². The van der Waals surface area contributed by atoms with Crippen LogP contribution in [0.3, 0.4) is 0 Å². The van der Waals surface area contributed by atoms with Crippen molar-refractivity contribution in [2.75, 3.05) is 18.2 Å². The second-order valence-electron chi connectivity index (χ2n) is 7.12. The van der Waals surface area contributed by atoms with Crippen molar-refractivity contribution in [1.82, 2.24) is 14.8 Å². The van der Waals surface area contributed by atoms with Gasteiger partial charge in [-0.25, -0.2) is 0 Å². The van der Waals surface area contributed by atoms with Gasteiger partial charge in [-0.1, -0.05) is 54.2 Å². The highest BCUT2D eigenvalue weighted by molar-refractivity contribution is 7.99. The van der Waals surface area contributed by atoms with E-state index in [0.29, 0.717) is 22.5 Å². The van der Waals surface area contributed by atoms with Crippen LogP contribution in [0.15, 0.2) is 84.0 Å². The van der Waals surface area contributed by atoms with Crippen molar-refractivity contribution in [2.45, 2.75) is 11.8 Å². The fourth-order valence-corrected chi connectivity index (χ4v) is 4.03. The molecule has 0 fully saturated rings. The minimum absolute atomic E-state index is 0.0234. The van der Waals surface area contributed by atoms with Gasteiger partial charge in [-0.2, -0.15) is 0 Å². The Bertz CT molecular complexity index is 1330. The summed E-state index contributed by atoms with van der Waals surface area (Å²) in [4.78, 5) is 23.2. The van der Waals surface area contributed by atoms with Gasteiger partial charge in [0, 0.05) is 11.8 Å². The molecular weight excluding hydrogens is 470 g/mol. The number of amides is 1. The molecule has 11 heteroatoms. The number of rotatable bonds is 10. The van der Waals surface area contributed by atoms with Crippen LogP contribution in [0.5, 0.6) is 11.5 Å². The van der Waals surface area contributed by atoms with Crippen LogP contribution in [-0.2, 0) is 11.4 Å². The molecule has 0 atom stereocenters. The molecule has 0 saturated heterocycles. The second kappa shape index (κ2) is 11.2. The van der Waals surface area contributed by atoms with E-state index in [4.69, 9.17) is 9.47 Å². The Morgan fingerprint density at radius 2 is 1.69 bits per heavy atom. The van der Waals surface area contributed by atoms with E-state index in [9.17, 15) is 14.9 Å². The molecule has 0 bridgehead atoms. The zero-order chi connectivity index (χ0) is 24.6. The Labute approximate surface area is 205 Å². The molecule has 0 aliphatic heterocycles. The lowest BCUT2D eigenvalue weighted by molar-refractivity contribution is -0.383. The number of thioether (sulfide) groups is 1. The summed E-state index contributed by atoms with van der Waals surface area (Å²) in [5, 5.41) is 22.8. The first-order valence-corrected chi connectivity index (χ1v) is 11.5. The molecule has 178 valence electrons. The second-order valence-corrected chi connectivity index (χ2v) is 8.06. The largest absolute Gasteiger partial charge is 0.493 e. The minimum Gasteiger partial charge on any atom is -0.493 e. The number of hydrogen-bond acceptors (Lipinski definition) is 8. The van der Waals surface area contributed by atoms with Crippen molar-refractivity contribution in [1.29, 1.82) is 0 Å². The first-order valence-electron chi connectivity index (χ1n) is 10.5. The topological polar surface area (TPSA) is 121 Å². The summed E-state index contributed by atoms with van der Waals surface area (Å²) < 4.78 is 13.1. The van der Waals surface area contributed by atoms with Crippen LogP contribution in [0.2, 0.25) is 0 Å². The first kappa shape index (κ1) is 23.8. The summed E-state index contributed by atoms with van der Waals surface area (Å²) in [6.45, 7) is 0.116. The maximum absolute atomic E-state index is 12.5. The van der Waals surface area contributed by atoms with E-state index >= 15 is 0 Å². The predicted molar refractivity (Wildman–Crippen MR) is 131 cm³/mol. The number of ether oxygens (including phenoxy) is 2. The Hall–Kier alpha value is -4.38. The van der Waals surface area contributed by atoms with Gasteiger partial charge in [0.15, 0.2) is 22.5 Å². The fraction of sp³-hybridized carbons (Fsp3) is 0.125. The van der Waals surface area contributed by atoms with Crippen LogP contribution in [0.1, 0.15) is 5.82 Å². The Morgan fingerprint density at radius 1 is 1.00 bits per heavy atom. The van der Waals surface area contributed by atoms with Crippen molar-refractivity contribution < 1.29 is 19.2 Å². The van der Waals surface area contributed by atoms with Crippen molar-refractivity contribution in [3.05, 3.63) is 94.8 Å². The number of anilines is 1. The Morgan fingerprint density at radius 3 is 2.43 bits per heavy atom. The summed E-state index contributed by atoms with van der Waals surface area (Å²) in [7, 11) is 1.57. The minimum atomic E-state index is -0.539. The van der Waals surface area contributed by atoms with Crippen LogP contribution in [0.25, 0.3) is 5.69 Å². The normalized spacial score (nSPS) is 10.5. The lowest BCUT2D eigenvalue weighted by Gasteiger charge is -2.12. The SMILES string of the molecule is COc1ccccc1OCc1nnc(SCC(=O)Nc2ccccc2[N+](=O)[O-])n1-c1ccccc1. The van der Waals surface area contributed by atoms with Gasteiger partial charge in [0.25, 0.3) is 5.69 Å². The van der Waals surface area contributed by atoms with Crippen molar-refractivity contribution >= 4 is 29.0 Å². The molecule has 10 nitrogen and oxygen atoms in total. The molecule has 3 aromatic carbocycles. The van der Waals surface area contributed by atoms with Gasteiger partial charge in [0.1, 0.15) is 12.3 Å². The van der Waals surface area contributed by atoms with Crippen LogP contribution in [-0.4, -0.2) is 38.5 Å². The molecule has 0 spiro atoms. The van der Waals surface area contributed by atoms with E-state index in [0.717, 1.165) is 17.4 Å². The number of carbonyl (C=O) groups is 1. The summed E-state index contributed by atoms with van der Waals surface area (Å²) in [6.07, 6.45) is 0. The molecule has 35 heavy (non-hydrogen) atoms. The maximum atomic E-state index is 12.5. The number of nitrogens with one attached hydrogen (secondary N) is 1. The highest BCUT2D eigenvalue weighted by atomic mass is 32.2. The smallest absolute Gasteiger partial charge is 0.292 e. The molecular formula is C24H21N5O5S. The average Bonchev–Trinajstić information content (AvgIpc) is 3.30. The van der Waals surface area contributed by atoms with Gasteiger partial charge >= 0.3 is 0 Å². The number of nitrogens with zero attached hydrogens (tertiary/aromatic N) is 4. The van der Waals surface area contributed by atoms with Gasteiger partial charge in [0.05, 0.1) is 17.8 Å². The van der Waals surface area contributed by atoms with Crippen LogP contribution in [0.4, 0.5) is 11.4 Å². The fourth-order valence-electron chi connectivity index (χ4n) is 3.26. The molecule has 0 saturated carbocycles. The molecule has 4 rings (SSSR count). The number of hydrogen-bond donors (Lipinski definition) is 1. The molecule has 1 amide bonds. The van der Waals surface area contributed by atoms with Gasteiger partial charge in [-0.15, -0.1) is 10.2 Å². The van der Waals surface area contributed by atoms with Gasteiger partial charge < -0.3 is 14.8 Å².